The molecule has 4 amide bonds. The third-order valence-corrected chi connectivity index (χ3v) is 4.80. The first-order valence-corrected chi connectivity index (χ1v) is 10.5. The van der Waals surface area contributed by atoms with Crippen LogP contribution < -0.4 is 38.9 Å². The largest absolute Gasteiger partial charge is 0.480 e. The van der Waals surface area contributed by atoms with E-state index in [0.717, 1.165) is 0 Å². The zero-order chi connectivity index (χ0) is 25.7. The summed E-state index contributed by atoms with van der Waals surface area (Å²) in [6.45, 7) is 5.12. The summed E-state index contributed by atoms with van der Waals surface area (Å²) < 4.78 is 0. The van der Waals surface area contributed by atoms with Crippen molar-refractivity contribution in [1.82, 2.24) is 16.0 Å². The molecule has 0 spiro atoms. The third-order valence-electron chi connectivity index (χ3n) is 4.80. The number of carboxylic acid groups (broad SMARTS) is 1. The zero-order valence-corrected chi connectivity index (χ0v) is 19.2. The molecule has 188 valence electrons. The van der Waals surface area contributed by atoms with Crippen molar-refractivity contribution in [2.24, 2.45) is 33.8 Å². The van der Waals surface area contributed by atoms with Gasteiger partial charge in [0.1, 0.15) is 18.1 Å². The standard InChI is InChI=1S/C19H36N8O6/c1-4-9(2)14(17(31)26-12(18(32)33)8-13(21)28)27-16(30)11(25-15(29)10(3)20)6-5-7-24-19(22)23/h9-12,14H,4-8,20H2,1-3H3,(H2,21,28)(H,25,29)(H,26,31)(H,27,30)(H,32,33)(H4,22,23,24). The van der Waals surface area contributed by atoms with Crippen molar-refractivity contribution in [3.05, 3.63) is 0 Å². The Morgan fingerprint density at radius 1 is 0.909 bits per heavy atom. The van der Waals surface area contributed by atoms with Gasteiger partial charge >= 0.3 is 5.97 Å². The van der Waals surface area contributed by atoms with E-state index in [1.54, 1.807) is 13.8 Å². The van der Waals surface area contributed by atoms with Gasteiger partial charge in [0.2, 0.25) is 23.6 Å². The van der Waals surface area contributed by atoms with Crippen LogP contribution in [-0.4, -0.2) is 71.4 Å². The molecule has 0 saturated heterocycles. The summed E-state index contributed by atoms with van der Waals surface area (Å²) >= 11 is 0. The maximum Gasteiger partial charge on any atom is 0.326 e. The zero-order valence-electron chi connectivity index (χ0n) is 19.2. The molecule has 0 radical (unpaired) electrons. The van der Waals surface area contributed by atoms with Crippen molar-refractivity contribution < 1.29 is 29.1 Å². The first-order chi connectivity index (χ1) is 15.3. The van der Waals surface area contributed by atoms with Gasteiger partial charge in [-0.15, -0.1) is 0 Å². The van der Waals surface area contributed by atoms with Gasteiger partial charge in [0.05, 0.1) is 12.5 Å². The van der Waals surface area contributed by atoms with Crippen molar-refractivity contribution in [2.75, 3.05) is 6.54 Å². The van der Waals surface area contributed by atoms with Crippen LogP contribution in [0.1, 0.15) is 46.5 Å². The minimum absolute atomic E-state index is 0.118. The van der Waals surface area contributed by atoms with Gasteiger partial charge in [0.15, 0.2) is 5.96 Å². The van der Waals surface area contributed by atoms with E-state index in [1.807, 2.05) is 0 Å². The monoisotopic (exact) mass is 472 g/mol. The van der Waals surface area contributed by atoms with E-state index in [2.05, 4.69) is 20.9 Å². The van der Waals surface area contributed by atoms with E-state index < -0.39 is 66.1 Å². The fraction of sp³-hybridized carbons (Fsp3) is 0.684. The molecule has 0 saturated carbocycles. The minimum Gasteiger partial charge on any atom is -0.480 e. The number of aliphatic carboxylic acids is 1. The second kappa shape index (κ2) is 14.6. The van der Waals surface area contributed by atoms with Crippen molar-refractivity contribution in [3.8, 4) is 0 Å². The number of primary amides is 1. The van der Waals surface area contributed by atoms with Crippen molar-refractivity contribution >= 4 is 35.6 Å². The molecule has 0 heterocycles. The highest BCUT2D eigenvalue weighted by Gasteiger charge is 2.32. The number of carbonyl (C=O) groups excluding carboxylic acids is 4. The highest BCUT2D eigenvalue weighted by Crippen LogP contribution is 2.10. The lowest BCUT2D eigenvalue weighted by Crippen LogP contribution is -2.58. The van der Waals surface area contributed by atoms with Crippen LogP contribution >= 0.6 is 0 Å². The van der Waals surface area contributed by atoms with Gasteiger partial charge in [-0.25, -0.2) is 4.79 Å². The quantitative estimate of drug-likeness (QED) is 0.0678. The lowest BCUT2D eigenvalue weighted by atomic mass is 9.97. The summed E-state index contributed by atoms with van der Waals surface area (Å²) in [5.41, 5.74) is 21.2. The Kier molecular flexibility index (Phi) is 13.1. The summed E-state index contributed by atoms with van der Waals surface area (Å²) in [7, 11) is 0. The highest BCUT2D eigenvalue weighted by atomic mass is 16.4. The van der Waals surface area contributed by atoms with Crippen LogP contribution in [-0.2, 0) is 24.0 Å². The summed E-state index contributed by atoms with van der Waals surface area (Å²) in [6, 6.07) is -4.61. The number of carboxylic acids is 1. The molecule has 0 fully saturated rings. The number of nitrogens with one attached hydrogen (secondary N) is 3. The van der Waals surface area contributed by atoms with E-state index >= 15 is 0 Å². The number of rotatable bonds is 15. The molecule has 0 aromatic rings. The van der Waals surface area contributed by atoms with Crippen LogP contribution in [0.3, 0.4) is 0 Å². The first-order valence-electron chi connectivity index (χ1n) is 10.5. The second-order valence-electron chi connectivity index (χ2n) is 7.74. The normalized spacial score (nSPS) is 15.2. The van der Waals surface area contributed by atoms with Crippen LogP contribution in [0.15, 0.2) is 4.99 Å². The summed E-state index contributed by atoms with van der Waals surface area (Å²) in [5.74, 6) is -4.92. The van der Waals surface area contributed by atoms with E-state index in [-0.39, 0.29) is 18.9 Å². The topological polar surface area (TPSA) is 258 Å². The Morgan fingerprint density at radius 3 is 1.94 bits per heavy atom. The lowest BCUT2D eigenvalue weighted by molar-refractivity contribution is -0.144. The summed E-state index contributed by atoms with van der Waals surface area (Å²) in [5, 5.41) is 16.5. The molecule has 0 aliphatic carbocycles. The number of guanidine groups is 1. The molecule has 5 atom stereocenters. The van der Waals surface area contributed by atoms with Gasteiger partial charge in [-0.1, -0.05) is 20.3 Å². The van der Waals surface area contributed by atoms with Crippen molar-refractivity contribution in [2.45, 2.75) is 70.6 Å². The molecule has 14 nitrogen and oxygen atoms in total. The van der Waals surface area contributed by atoms with E-state index in [1.165, 1.54) is 6.92 Å². The van der Waals surface area contributed by atoms with Crippen LogP contribution in [0.4, 0.5) is 0 Å². The van der Waals surface area contributed by atoms with Gasteiger partial charge in [-0.05, 0) is 25.7 Å². The van der Waals surface area contributed by atoms with Crippen LogP contribution in [0.2, 0.25) is 0 Å². The Morgan fingerprint density at radius 2 is 1.48 bits per heavy atom. The smallest absolute Gasteiger partial charge is 0.326 e. The molecular weight excluding hydrogens is 436 g/mol. The van der Waals surface area contributed by atoms with Gasteiger partial charge in [-0.2, -0.15) is 0 Å². The van der Waals surface area contributed by atoms with Gasteiger partial charge in [-0.3, -0.25) is 24.2 Å². The molecule has 33 heavy (non-hydrogen) atoms. The molecule has 0 rings (SSSR count). The molecule has 0 aromatic heterocycles. The van der Waals surface area contributed by atoms with Gasteiger partial charge < -0.3 is 44.0 Å². The maximum absolute atomic E-state index is 12.9. The van der Waals surface area contributed by atoms with Crippen molar-refractivity contribution in [3.63, 3.8) is 0 Å². The predicted octanol–water partition coefficient (Wildman–Crippen LogP) is -3.15. The molecule has 0 aliphatic heterocycles. The molecule has 0 aromatic carbocycles. The number of carbonyl (C=O) groups is 5. The maximum atomic E-state index is 12.9. The second-order valence-corrected chi connectivity index (χ2v) is 7.74. The number of amides is 4. The van der Waals surface area contributed by atoms with Crippen LogP contribution in [0.25, 0.3) is 0 Å². The Labute approximate surface area is 192 Å². The Hall–Kier alpha value is -3.42. The number of aliphatic imine (C=N–C) groups is 1. The third kappa shape index (κ3) is 11.7. The van der Waals surface area contributed by atoms with Crippen molar-refractivity contribution in [1.29, 1.82) is 0 Å². The Balaban J connectivity index is 5.54. The van der Waals surface area contributed by atoms with Gasteiger partial charge in [0, 0.05) is 6.54 Å². The molecule has 14 heteroatoms. The Bertz CT molecular complexity index is 738. The first kappa shape index (κ1) is 29.6. The highest BCUT2D eigenvalue weighted by molar-refractivity contribution is 5.95. The van der Waals surface area contributed by atoms with Crippen LogP contribution in [0.5, 0.6) is 0 Å². The molecule has 0 aliphatic rings. The molecule has 0 bridgehead atoms. The fourth-order valence-corrected chi connectivity index (χ4v) is 2.69. The molecule has 12 N–H and O–H groups in total. The average Bonchev–Trinajstić information content (AvgIpc) is 2.71. The van der Waals surface area contributed by atoms with Crippen LogP contribution in [0, 0.1) is 5.92 Å². The lowest BCUT2D eigenvalue weighted by Gasteiger charge is -2.27. The number of nitrogens with two attached hydrogens (primary N) is 4. The van der Waals surface area contributed by atoms with E-state index in [4.69, 9.17) is 22.9 Å². The van der Waals surface area contributed by atoms with Gasteiger partial charge in [0.25, 0.3) is 0 Å². The SMILES string of the molecule is CCC(C)C(NC(=O)C(CCCN=C(N)N)NC(=O)C(C)N)C(=O)NC(CC(N)=O)C(=O)O. The summed E-state index contributed by atoms with van der Waals surface area (Å²) in [6.07, 6.45) is 0.345. The average molecular weight is 473 g/mol. The number of nitrogens with zero attached hydrogens (tertiary/aromatic N) is 1. The van der Waals surface area contributed by atoms with E-state index in [9.17, 15) is 29.1 Å². The summed E-state index contributed by atoms with van der Waals surface area (Å²) in [4.78, 5) is 64.0. The molecule has 5 unspecified atom stereocenters. The minimum atomic E-state index is -1.55. The van der Waals surface area contributed by atoms with E-state index in [0.29, 0.717) is 12.8 Å². The predicted molar refractivity (Wildman–Crippen MR) is 120 cm³/mol. The molecular formula is C19H36N8O6. The number of hydrogen-bond donors (Lipinski definition) is 8. The number of hydrogen-bond acceptors (Lipinski definition) is 7. The fourth-order valence-electron chi connectivity index (χ4n) is 2.69.